The van der Waals surface area contributed by atoms with Crippen LogP contribution in [0.15, 0.2) is 42.9 Å². The Kier molecular flexibility index (Phi) is 6.90. The minimum atomic E-state index is -4.51. The van der Waals surface area contributed by atoms with E-state index in [9.17, 15) is 18.0 Å². The lowest BCUT2D eigenvalue weighted by Crippen LogP contribution is -2.56. The van der Waals surface area contributed by atoms with Crippen LogP contribution in [0.5, 0.6) is 5.88 Å². The Morgan fingerprint density at radius 1 is 1.22 bits per heavy atom. The third-order valence-corrected chi connectivity index (χ3v) is 7.11. The molecule has 2 aromatic heterocycles. The zero-order chi connectivity index (χ0) is 28.8. The van der Waals surface area contributed by atoms with E-state index in [1.54, 1.807) is 6.20 Å². The Morgan fingerprint density at radius 2 is 2.07 bits per heavy atom. The van der Waals surface area contributed by atoms with E-state index in [0.717, 1.165) is 31.5 Å². The number of ether oxygens (including phenoxy) is 3. The lowest BCUT2D eigenvalue weighted by atomic mass is 10.0. The van der Waals surface area contributed by atoms with Crippen molar-refractivity contribution < 1.29 is 32.2 Å². The van der Waals surface area contributed by atoms with E-state index >= 15 is 0 Å². The number of rotatable bonds is 5. The van der Waals surface area contributed by atoms with Crippen molar-refractivity contribution in [2.24, 2.45) is 0 Å². The molecule has 14 heteroatoms. The summed E-state index contributed by atoms with van der Waals surface area (Å²) in [5, 5.41) is 2.80. The maximum atomic E-state index is 13.7. The number of alkyl halides is 3. The van der Waals surface area contributed by atoms with Crippen molar-refractivity contribution in [1.82, 2.24) is 19.9 Å². The molecule has 2 amide bonds. The van der Waals surface area contributed by atoms with E-state index in [1.807, 2.05) is 13.8 Å². The molecule has 2 fully saturated rings. The average molecular weight is 572 g/mol. The Balaban J connectivity index is 1.24. The van der Waals surface area contributed by atoms with Crippen LogP contribution >= 0.6 is 0 Å². The van der Waals surface area contributed by atoms with Crippen LogP contribution < -0.4 is 19.9 Å². The fourth-order valence-corrected chi connectivity index (χ4v) is 5.24. The van der Waals surface area contributed by atoms with Crippen molar-refractivity contribution in [2.75, 3.05) is 41.4 Å². The van der Waals surface area contributed by atoms with E-state index < -0.39 is 23.6 Å². The molecule has 3 aromatic rings. The van der Waals surface area contributed by atoms with Crippen molar-refractivity contribution in [1.29, 1.82) is 0 Å². The molecule has 1 aromatic carbocycles. The molecule has 6 rings (SSSR count). The summed E-state index contributed by atoms with van der Waals surface area (Å²) in [5.41, 5.74) is 0.0376. The van der Waals surface area contributed by atoms with Crippen LogP contribution in [0.1, 0.15) is 32.3 Å². The van der Waals surface area contributed by atoms with Gasteiger partial charge in [-0.15, -0.1) is 0 Å². The number of anilines is 3. The molecule has 216 valence electrons. The molecule has 0 aliphatic carbocycles. The summed E-state index contributed by atoms with van der Waals surface area (Å²) in [4.78, 5) is 34.5. The third-order valence-electron chi connectivity index (χ3n) is 7.11. The lowest BCUT2D eigenvalue weighted by Gasteiger charge is -2.45. The summed E-state index contributed by atoms with van der Waals surface area (Å²) in [6, 6.07) is 5.65. The molecule has 3 aliphatic rings. The van der Waals surface area contributed by atoms with Crippen LogP contribution in [-0.2, 0) is 15.7 Å². The number of piperidine rings is 1. The largest absolute Gasteiger partial charge is 0.475 e. The lowest BCUT2D eigenvalue weighted by molar-refractivity contribution is -0.141. The molecular formula is C27H28F3N7O4. The Morgan fingerprint density at radius 3 is 2.85 bits per heavy atom. The standard InChI is InChI=1S/C27H28F3N7O4/c1-26(2)40-14-19(41-26)13-39-22-10-21(32-15-33-22)34-25(38)37-18-7-4-8-36(12-18)20-11-31-23(35-24(20)37)16-5-3-6-17(9-16)27(28,29)30/h3,5-6,9-11,15,18-19H,4,7-8,12-14H2,1-2H3,(H,32,33,34,38)/t18-,19?/m0/s1. The van der Waals surface area contributed by atoms with Gasteiger partial charge in [-0.2, -0.15) is 13.2 Å². The van der Waals surface area contributed by atoms with Gasteiger partial charge >= 0.3 is 12.2 Å². The molecule has 2 atom stereocenters. The average Bonchev–Trinajstić information content (AvgIpc) is 3.30. The second-order valence-corrected chi connectivity index (χ2v) is 10.5. The van der Waals surface area contributed by atoms with Crippen molar-refractivity contribution in [2.45, 2.75) is 50.8 Å². The summed E-state index contributed by atoms with van der Waals surface area (Å²) in [7, 11) is 0. The highest BCUT2D eigenvalue weighted by Crippen LogP contribution is 2.39. The smallest absolute Gasteiger partial charge is 0.416 e. The molecule has 1 unspecified atom stereocenters. The number of urea groups is 1. The normalized spacial score (nSPS) is 21.4. The van der Waals surface area contributed by atoms with Crippen molar-refractivity contribution in [3.8, 4) is 17.3 Å². The molecule has 1 N–H and O–H groups in total. The number of benzene rings is 1. The molecule has 0 radical (unpaired) electrons. The minimum absolute atomic E-state index is 0.0906. The number of carbonyl (C=O) groups excluding carboxylic acids is 1. The topological polar surface area (TPSA) is 115 Å². The van der Waals surface area contributed by atoms with Gasteiger partial charge in [-0.1, -0.05) is 12.1 Å². The number of hydrogen-bond donors (Lipinski definition) is 1. The Bertz CT molecular complexity index is 1450. The summed E-state index contributed by atoms with van der Waals surface area (Å²) in [6.07, 6.45) is -0.327. The zero-order valence-electron chi connectivity index (χ0n) is 22.4. The van der Waals surface area contributed by atoms with Gasteiger partial charge in [0.1, 0.15) is 24.9 Å². The highest BCUT2D eigenvalue weighted by molar-refractivity contribution is 6.04. The van der Waals surface area contributed by atoms with E-state index in [1.165, 1.54) is 29.4 Å². The van der Waals surface area contributed by atoms with E-state index in [2.05, 4.69) is 30.2 Å². The summed E-state index contributed by atoms with van der Waals surface area (Å²) < 4.78 is 57.0. The first-order valence-corrected chi connectivity index (χ1v) is 13.2. The summed E-state index contributed by atoms with van der Waals surface area (Å²) >= 11 is 0. The van der Waals surface area contributed by atoms with E-state index in [-0.39, 0.29) is 41.8 Å². The van der Waals surface area contributed by atoms with Crippen molar-refractivity contribution in [3.63, 3.8) is 0 Å². The zero-order valence-corrected chi connectivity index (χ0v) is 22.4. The first-order chi connectivity index (χ1) is 19.6. The summed E-state index contributed by atoms with van der Waals surface area (Å²) in [5.74, 6) is 0.208. The highest BCUT2D eigenvalue weighted by atomic mass is 19.4. The number of carbonyl (C=O) groups is 1. The van der Waals surface area contributed by atoms with Crippen LogP contribution in [0.3, 0.4) is 0 Å². The number of nitrogens with one attached hydrogen (secondary N) is 1. The van der Waals surface area contributed by atoms with E-state index in [4.69, 9.17) is 14.2 Å². The van der Waals surface area contributed by atoms with Crippen molar-refractivity contribution >= 4 is 23.4 Å². The summed E-state index contributed by atoms with van der Waals surface area (Å²) in [6.45, 7) is 5.60. The number of hydrogen-bond acceptors (Lipinski definition) is 9. The highest BCUT2D eigenvalue weighted by Gasteiger charge is 2.39. The van der Waals surface area contributed by atoms with Gasteiger partial charge in [-0.05, 0) is 38.8 Å². The molecule has 2 saturated heterocycles. The van der Waals surface area contributed by atoms with E-state index in [0.29, 0.717) is 24.7 Å². The van der Waals surface area contributed by atoms with Gasteiger partial charge < -0.3 is 19.1 Å². The molecular weight excluding hydrogens is 543 g/mol. The van der Waals surface area contributed by atoms with Gasteiger partial charge in [0, 0.05) is 24.7 Å². The van der Waals surface area contributed by atoms with Crippen LogP contribution in [0.25, 0.3) is 11.4 Å². The number of amides is 2. The fourth-order valence-electron chi connectivity index (χ4n) is 5.24. The number of aromatic nitrogens is 4. The first kappa shape index (κ1) is 27.1. The predicted molar refractivity (Wildman–Crippen MR) is 142 cm³/mol. The quantitative estimate of drug-likeness (QED) is 0.473. The minimum Gasteiger partial charge on any atom is -0.475 e. The van der Waals surface area contributed by atoms with Gasteiger partial charge in [0.15, 0.2) is 17.4 Å². The van der Waals surface area contributed by atoms with Gasteiger partial charge in [0.05, 0.1) is 30.1 Å². The third kappa shape index (κ3) is 5.75. The van der Waals surface area contributed by atoms with Crippen LogP contribution in [0.2, 0.25) is 0 Å². The molecule has 11 nitrogen and oxygen atoms in total. The van der Waals surface area contributed by atoms with Crippen molar-refractivity contribution in [3.05, 3.63) is 48.4 Å². The predicted octanol–water partition coefficient (Wildman–Crippen LogP) is 4.50. The molecule has 5 heterocycles. The van der Waals surface area contributed by atoms with Crippen LogP contribution in [0, 0.1) is 0 Å². The van der Waals surface area contributed by atoms with Crippen LogP contribution in [0.4, 0.5) is 35.3 Å². The maximum absolute atomic E-state index is 13.7. The molecule has 0 saturated carbocycles. The number of halogens is 3. The molecule has 2 bridgehead atoms. The Hall–Kier alpha value is -4.04. The van der Waals surface area contributed by atoms with Gasteiger partial charge in [-0.3, -0.25) is 10.2 Å². The fraction of sp³-hybridized carbons (Fsp3) is 0.444. The monoisotopic (exact) mass is 571 g/mol. The van der Waals surface area contributed by atoms with Gasteiger partial charge in [0.2, 0.25) is 5.88 Å². The van der Waals surface area contributed by atoms with Crippen LogP contribution in [-0.4, -0.2) is 70.2 Å². The number of nitrogens with zero attached hydrogens (tertiary/aromatic N) is 6. The molecule has 3 aliphatic heterocycles. The maximum Gasteiger partial charge on any atom is 0.416 e. The Labute approximate surface area is 233 Å². The van der Waals surface area contributed by atoms with Gasteiger partial charge in [0.25, 0.3) is 0 Å². The SMILES string of the molecule is CC1(C)OCC(COc2cc(NC(=O)N3c4nc(-c5cccc(C(F)(F)F)c5)ncc4N4CCC[C@H]3C4)ncn2)O1. The first-order valence-electron chi connectivity index (χ1n) is 13.2. The number of fused-ring (bicyclic) bond motifs is 4. The van der Waals surface area contributed by atoms with Gasteiger partial charge in [-0.25, -0.2) is 24.7 Å². The second kappa shape index (κ2) is 10.4. The molecule has 0 spiro atoms. The second-order valence-electron chi connectivity index (χ2n) is 10.5. The molecule has 41 heavy (non-hydrogen) atoms.